The molecule has 1 aliphatic carbocycles. The number of piperidine rings is 1. The Morgan fingerprint density at radius 1 is 1.38 bits per heavy atom. The van der Waals surface area contributed by atoms with Crippen LogP contribution in [0, 0.1) is 22.7 Å². The maximum Gasteiger partial charge on any atom is 0.0703 e. The lowest BCUT2D eigenvalue weighted by molar-refractivity contribution is 0.168. The van der Waals surface area contributed by atoms with Crippen LogP contribution in [-0.4, -0.2) is 50.1 Å². The molecule has 2 rings (SSSR count). The highest BCUT2D eigenvalue weighted by Crippen LogP contribution is 2.45. The average molecular weight is 221 g/mol. The molecule has 0 bridgehead atoms. The van der Waals surface area contributed by atoms with Crippen LogP contribution >= 0.6 is 0 Å². The van der Waals surface area contributed by atoms with Gasteiger partial charge in [0.15, 0.2) is 0 Å². The fourth-order valence-electron chi connectivity index (χ4n) is 2.72. The summed E-state index contributed by atoms with van der Waals surface area (Å²) in [4.78, 5) is 4.79. The Balaban J connectivity index is 1.71. The Morgan fingerprint density at radius 2 is 2.00 bits per heavy atom. The number of hydrogen-bond donors (Lipinski definition) is 0. The molecular weight excluding hydrogens is 198 g/mol. The molecule has 0 aromatic carbocycles. The first kappa shape index (κ1) is 11.9. The van der Waals surface area contributed by atoms with E-state index in [-0.39, 0.29) is 5.41 Å². The second-order valence-corrected chi connectivity index (χ2v) is 5.84. The summed E-state index contributed by atoms with van der Waals surface area (Å²) in [6.45, 7) is 4.64. The molecule has 0 N–H and O–H groups in total. The van der Waals surface area contributed by atoms with Crippen LogP contribution in [0.5, 0.6) is 0 Å². The van der Waals surface area contributed by atoms with Crippen LogP contribution in [0.2, 0.25) is 0 Å². The molecule has 1 aliphatic heterocycles. The van der Waals surface area contributed by atoms with Crippen LogP contribution in [-0.2, 0) is 0 Å². The highest BCUT2D eigenvalue weighted by molar-refractivity contribution is 5.11. The van der Waals surface area contributed by atoms with E-state index in [1.165, 1.54) is 32.5 Å². The summed E-state index contributed by atoms with van der Waals surface area (Å²) in [7, 11) is 4.38. The van der Waals surface area contributed by atoms with Gasteiger partial charge >= 0.3 is 0 Å². The van der Waals surface area contributed by atoms with Gasteiger partial charge in [-0.1, -0.05) is 0 Å². The van der Waals surface area contributed by atoms with Crippen LogP contribution in [0.25, 0.3) is 0 Å². The van der Waals surface area contributed by atoms with Gasteiger partial charge in [-0.2, -0.15) is 5.26 Å². The SMILES string of the molecule is CN1CCC(CN(C)CC2(C#N)CC2)CC1. The third kappa shape index (κ3) is 2.96. The summed E-state index contributed by atoms with van der Waals surface area (Å²) in [6, 6.07) is 2.48. The predicted molar refractivity (Wildman–Crippen MR) is 65.0 cm³/mol. The number of nitriles is 1. The molecule has 1 heterocycles. The van der Waals surface area contributed by atoms with Gasteiger partial charge in [0.05, 0.1) is 11.5 Å². The maximum atomic E-state index is 9.06. The number of likely N-dealkylation sites (tertiary alicyclic amines) is 1. The van der Waals surface area contributed by atoms with Crippen LogP contribution in [0.1, 0.15) is 25.7 Å². The molecule has 0 aromatic rings. The van der Waals surface area contributed by atoms with E-state index in [4.69, 9.17) is 5.26 Å². The smallest absolute Gasteiger partial charge is 0.0703 e. The first-order chi connectivity index (χ1) is 7.63. The van der Waals surface area contributed by atoms with Crippen molar-refractivity contribution in [1.82, 2.24) is 9.80 Å². The van der Waals surface area contributed by atoms with E-state index < -0.39 is 0 Å². The highest BCUT2D eigenvalue weighted by atomic mass is 15.1. The van der Waals surface area contributed by atoms with Crippen LogP contribution in [0.4, 0.5) is 0 Å². The molecule has 1 saturated heterocycles. The van der Waals surface area contributed by atoms with E-state index in [1.54, 1.807) is 0 Å². The zero-order valence-corrected chi connectivity index (χ0v) is 10.6. The lowest BCUT2D eigenvalue weighted by Crippen LogP contribution is -2.37. The minimum absolute atomic E-state index is 0.0280. The maximum absolute atomic E-state index is 9.06. The summed E-state index contributed by atoms with van der Waals surface area (Å²) in [6.07, 6.45) is 4.86. The van der Waals surface area contributed by atoms with Crippen LogP contribution < -0.4 is 0 Å². The van der Waals surface area contributed by atoms with Crippen molar-refractivity contribution in [2.45, 2.75) is 25.7 Å². The van der Waals surface area contributed by atoms with Crippen molar-refractivity contribution < 1.29 is 0 Å². The van der Waals surface area contributed by atoms with Crippen LogP contribution in [0.15, 0.2) is 0 Å². The normalized spacial score (nSPS) is 25.6. The minimum Gasteiger partial charge on any atom is -0.306 e. The second-order valence-electron chi connectivity index (χ2n) is 5.84. The molecule has 0 unspecified atom stereocenters. The van der Waals surface area contributed by atoms with Gasteiger partial charge in [0.2, 0.25) is 0 Å². The van der Waals surface area contributed by atoms with Crippen molar-refractivity contribution in [2.24, 2.45) is 11.3 Å². The van der Waals surface area contributed by atoms with E-state index in [9.17, 15) is 0 Å². The Kier molecular flexibility index (Phi) is 3.51. The van der Waals surface area contributed by atoms with Gasteiger partial charge in [-0.25, -0.2) is 0 Å². The molecule has 16 heavy (non-hydrogen) atoms. The Morgan fingerprint density at radius 3 is 2.50 bits per heavy atom. The summed E-state index contributed by atoms with van der Waals surface area (Å²) < 4.78 is 0. The lowest BCUT2D eigenvalue weighted by Gasteiger charge is -2.32. The Bertz CT molecular complexity index is 269. The topological polar surface area (TPSA) is 30.3 Å². The van der Waals surface area contributed by atoms with Crippen molar-refractivity contribution in [3.63, 3.8) is 0 Å². The van der Waals surface area contributed by atoms with Gasteiger partial charge in [-0.05, 0) is 58.8 Å². The molecule has 90 valence electrons. The highest BCUT2D eigenvalue weighted by Gasteiger charge is 2.43. The monoisotopic (exact) mass is 221 g/mol. The molecule has 0 amide bonds. The zero-order valence-electron chi connectivity index (χ0n) is 10.6. The van der Waals surface area contributed by atoms with Crippen molar-refractivity contribution in [3.8, 4) is 6.07 Å². The van der Waals surface area contributed by atoms with E-state index in [0.29, 0.717) is 0 Å². The zero-order chi connectivity index (χ0) is 11.6. The van der Waals surface area contributed by atoms with Crippen molar-refractivity contribution >= 4 is 0 Å². The molecule has 2 aliphatic rings. The van der Waals surface area contributed by atoms with Gasteiger partial charge in [0.1, 0.15) is 0 Å². The first-order valence-electron chi connectivity index (χ1n) is 6.42. The van der Waals surface area contributed by atoms with Gasteiger partial charge in [-0.15, -0.1) is 0 Å². The van der Waals surface area contributed by atoms with E-state index in [1.807, 2.05) is 0 Å². The standard InChI is InChI=1S/C13H23N3/c1-15-7-3-12(4-8-15)9-16(2)11-13(10-14)5-6-13/h12H,3-9,11H2,1-2H3. The number of rotatable bonds is 4. The molecule has 0 aromatic heterocycles. The molecule has 3 heteroatoms. The summed E-state index contributed by atoms with van der Waals surface area (Å²) in [5.41, 5.74) is 0.0280. The summed E-state index contributed by atoms with van der Waals surface area (Å²) >= 11 is 0. The second kappa shape index (κ2) is 4.73. The van der Waals surface area contributed by atoms with E-state index >= 15 is 0 Å². The lowest BCUT2D eigenvalue weighted by atomic mass is 9.96. The van der Waals surface area contributed by atoms with E-state index in [2.05, 4.69) is 30.0 Å². The molecule has 0 spiro atoms. The summed E-state index contributed by atoms with van der Waals surface area (Å²) in [5.74, 6) is 0.843. The third-order valence-corrected chi connectivity index (χ3v) is 4.07. The van der Waals surface area contributed by atoms with Gasteiger partial charge < -0.3 is 9.80 Å². The van der Waals surface area contributed by atoms with Crippen molar-refractivity contribution in [2.75, 3.05) is 40.3 Å². The quantitative estimate of drug-likeness (QED) is 0.722. The van der Waals surface area contributed by atoms with Crippen molar-refractivity contribution in [3.05, 3.63) is 0 Å². The van der Waals surface area contributed by atoms with Gasteiger partial charge in [0, 0.05) is 13.1 Å². The summed E-state index contributed by atoms with van der Waals surface area (Å²) in [5, 5.41) is 9.06. The Labute approximate surface area is 99.0 Å². The van der Waals surface area contributed by atoms with E-state index in [0.717, 1.165) is 25.3 Å². The molecule has 0 radical (unpaired) electrons. The molecule has 1 saturated carbocycles. The fraction of sp³-hybridized carbons (Fsp3) is 0.923. The molecule has 2 fully saturated rings. The van der Waals surface area contributed by atoms with Crippen LogP contribution in [0.3, 0.4) is 0 Å². The average Bonchev–Trinajstić information content (AvgIpc) is 3.02. The van der Waals surface area contributed by atoms with Gasteiger partial charge in [0.25, 0.3) is 0 Å². The number of nitrogens with zero attached hydrogens (tertiary/aromatic N) is 3. The predicted octanol–water partition coefficient (Wildman–Crippen LogP) is 1.56. The molecule has 0 atom stereocenters. The third-order valence-electron chi connectivity index (χ3n) is 4.07. The molecule has 3 nitrogen and oxygen atoms in total. The van der Waals surface area contributed by atoms with Crippen molar-refractivity contribution in [1.29, 1.82) is 5.26 Å². The number of hydrogen-bond acceptors (Lipinski definition) is 3. The minimum atomic E-state index is 0.0280. The van der Waals surface area contributed by atoms with Gasteiger partial charge in [-0.3, -0.25) is 0 Å². The molecular formula is C13H23N3. The first-order valence-corrected chi connectivity index (χ1v) is 6.42. The Hall–Kier alpha value is -0.590. The largest absolute Gasteiger partial charge is 0.306 e. The fourth-order valence-corrected chi connectivity index (χ4v) is 2.72.